The van der Waals surface area contributed by atoms with E-state index in [1.807, 2.05) is 31.7 Å². The summed E-state index contributed by atoms with van der Waals surface area (Å²) < 4.78 is 5.65. The van der Waals surface area contributed by atoms with E-state index in [0.29, 0.717) is 16.7 Å². The number of nitrogens with two attached hydrogens (primary N) is 1. The molecule has 112 valence electrons. The minimum atomic E-state index is 0.132. The first-order valence-electron chi connectivity index (χ1n) is 6.74. The van der Waals surface area contributed by atoms with Crippen LogP contribution in [0.5, 0.6) is 11.8 Å². The summed E-state index contributed by atoms with van der Waals surface area (Å²) in [6, 6.07) is 5.51. The number of nitrogen functional groups attached to an aromatic ring is 1. The van der Waals surface area contributed by atoms with Crippen LogP contribution in [0.1, 0.15) is 19.4 Å². The summed E-state index contributed by atoms with van der Waals surface area (Å²) in [5.74, 6) is 1.24. The topological polar surface area (TPSA) is 77.2 Å². The Labute approximate surface area is 128 Å². The molecule has 21 heavy (non-hydrogen) atoms. The Morgan fingerprint density at radius 1 is 1.19 bits per heavy atom. The van der Waals surface area contributed by atoms with Gasteiger partial charge in [-0.05, 0) is 44.5 Å². The summed E-state index contributed by atoms with van der Waals surface area (Å²) in [6.07, 6.45) is 0. The summed E-state index contributed by atoms with van der Waals surface area (Å²) in [5.41, 5.74) is 6.64. The summed E-state index contributed by atoms with van der Waals surface area (Å²) in [6.45, 7) is 7.50. The minimum Gasteiger partial charge on any atom is -0.424 e. The summed E-state index contributed by atoms with van der Waals surface area (Å²) in [5, 5.41) is 0.682. The molecule has 0 fully saturated rings. The van der Waals surface area contributed by atoms with Crippen LogP contribution in [0.3, 0.4) is 0 Å². The van der Waals surface area contributed by atoms with E-state index in [1.165, 1.54) is 0 Å². The van der Waals surface area contributed by atoms with Crippen molar-refractivity contribution in [2.45, 2.75) is 20.8 Å². The molecule has 0 amide bonds. The lowest BCUT2D eigenvalue weighted by Crippen LogP contribution is -2.25. The van der Waals surface area contributed by atoms with Crippen LogP contribution in [0.4, 0.5) is 11.9 Å². The third-order valence-electron chi connectivity index (χ3n) is 3.01. The van der Waals surface area contributed by atoms with Crippen molar-refractivity contribution in [3.8, 4) is 11.8 Å². The van der Waals surface area contributed by atoms with E-state index in [0.717, 1.165) is 18.7 Å². The van der Waals surface area contributed by atoms with Crippen LogP contribution in [0.2, 0.25) is 5.02 Å². The van der Waals surface area contributed by atoms with Crippen molar-refractivity contribution in [2.24, 2.45) is 0 Å². The van der Waals surface area contributed by atoms with Gasteiger partial charge in [0.1, 0.15) is 5.75 Å². The van der Waals surface area contributed by atoms with Crippen molar-refractivity contribution in [3.05, 3.63) is 28.8 Å². The Bertz CT molecular complexity index is 631. The van der Waals surface area contributed by atoms with Crippen molar-refractivity contribution >= 4 is 23.5 Å². The van der Waals surface area contributed by atoms with Gasteiger partial charge in [-0.25, -0.2) is 0 Å². The SMILES string of the molecule is CCN(CC)c1nc(N)nc(Oc2ccc(Cl)c(C)c2)n1. The Morgan fingerprint density at radius 2 is 1.90 bits per heavy atom. The number of hydrogen-bond acceptors (Lipinski definition) is 6. The normalized spacial score (nSPS) is 10.5. The maximum atomic E-state index is 5.99. The zero-order valence-corrected chi connectivity index (χ0v) is 13.1. The molecule has 0 spiro atoms. The highest BCUT2D eigenvalue weighted by atomic mass is 35.5. The molecule has 2 aromatic rings. The van der Waals surface area contributed by atoms with Crippen molar-refractivity contribution in [2.75, 3.05) is 23.7 Å². The molecule has 0 bridgehead atoms. The number of nitrogens with zero attached hydrogens (tertiary/aromatic N) is 4. The second-order valence-electron chi connectivity index (χ2n) is 4.46. The highest BCUT2D eigenvalue weighted by molar-refractivity contribution is 6.31. The molecule has 6 nitrogen and oxygen atoms in total. The molecule has 0 saturated heterocycles. The zero-order chi connectivity index (χ0) is 15.4. The van der Waals surface area contributed by atoms with Crippen LogP contribution in [-0.4, -0.2) is 28.0 Å². The first kappa shape index (κ1) is 15.3. The van der Waals surface area contributed by atoms with Gasteiger partial charge < -0.3 is 15.4 Å². The summed E-state index contributed by atoms with van der Waals surface area (Å²) in [4.78, 5) is 14.4. The van der Waals surface area contributed by atoms with E-state index >= 15 is 0 Å². The summed E-state index contributed by atoms with van der Waals surface area (Å²) >= 11 is 5.99. The number of aryl methyl sites for hydroxylation is 1. The molecular weight excluding hydrogens is 290 g/mol. The van der Waals surface area contributed by atoms with E-state index in [2.05, 4.69) is 15.0 Å². The number of rotatable bonds is 5. The quantitative estimate of drug-likeness (QED) is 0.914. The molecule has 1 aromatic carbocycles. The largest absolute Gasteiger partial charge is 0.424 e. The minimum absolute atomic E-state index is 0.132. The van der Waals surface area contributed by atoms with Gasteiger partial charge in [0.05, 0.1) is 0 Å². The average Bonchev–Trinajstić information content (AvgIpc) is 2.44. The fourth-order valence-corrected chi connectivity index (χ4v) is 1.96. The van der Waals surface area contributed by atoms with E-state index in [4.69, 9.17) is 22.1 Å². The standard InChI is InChI=1S/C14H18ClN5O/c1-4-20(5-2)13-17-12(16)18-14(19-13)21-10-6-7-11(15)9(3)8-10/h6-8H,4-5H2,1-3H3,(H2,16,17,18,19). The van der Waals surface area contributed by atoms with Crippen molar-refractivity contribution in [1.29, 1.82) is 0 Å². The molecule has 0 atom stereocenters. The Morgan fingerprint density at radius 3 is 2.52 bits per heavy atom. The number of anilines is 2. The molecule has 0 saturated carbocycles. The highest BCUT2D eigenvalue weighted by Gasteiger charge is 2.11. The smallest absolute Gasteiger partial charge is 0.328 e. The van der Waals surface area contributed by atoms with Gasteiger partial charge in [0.2, 0.25) is 11.9 Å². The van der Waals surface area contributed by atoms with Gasteiger partial charge in [0.25, 0.3) is 0 Å². The maximum absolute atomic E-state index is 5.99. The van der Waals surface area contributed by atoms with Gasteiger partial charge in [-0.15, -0.1) is 0 Å². The van der Waals surface area contributed by atoms with Gasteiger partial charge in [-0.1, -0.05) is 11.6 Å². The lowest BCUT2D eigenvalue weighted by molar-refractivity contribution is 0.440. The third-order valence-corrected chi connectivity index (χ3v) is 3.43. The first-order valence-corrected chi connectivity index (χ1v) is 7.11. The second-order valence-corrected chi connectivity index (χ2v) is 4.87. The maximum Gasteiger partial charge on any atom is 0.328 e. The predicted molar refractivity (Wildman–Crippen MR) is 84.1 cm³/mol. The molecule has 0 aliphatic heterocycles. The van der Waals surface area contributed by atoms with Crippen molar-refractivity contribution in [1.82, 2.24) is 15.0 Å². The van der Waals surface area contributed by atoms with Gasteiger partial charge in [0, 0.05) is 18.1 Å². The molecule has 7 heteroatoms. The van der Waals surface area contributed by atoms with Gasteiger partial charge in [0.15, 0.2) is 0 Å². The Hall–Kier alpha value is -2.08. The fraction of sp³-hybridized carbons (Fsp3) is 0.357. The van der Waals surface area contributed by atoms with Crippen LogP contribution in [0.15, 0.2) is 18.2 Å². The fourth-order valence-electron chi connectivity index (χ4n) is 1.84. The lowest BCUT2D eigenvalue weighted by Gasteiger charge is -2.18. The monoisotopic (exact) mass is 307 g/mol. The van der Waals surface area contributed by atoms with Crippen molar-refractivity contribution < 1.29 is 4.74 Å². The Balaban J connectivity index is 2.29. The molecule has 0 radical (unpaired) electrons. The molecule has 1 aromatic heterocycles. The van der Waals surface area contributed by atoms with Crippen LogP contribution in [0.25, 0.3) is 0 Å². The van der Waals surface area contributed by atoms with Gasteiger partial charge >= 0.3 is 6.01 Å². The average molecular weight is 308 g/mol. The lowest BCUT2D eigenvalue weighted by atomic mass is 10.2. The van der Waals surface area contributed by atoms with Gasteiger partial charge in [-0.2, -0.15) is 15.0 Å². The van der Waals surface area contributed by atoms with Crippen LogP contribution < -0.4 is 15.4 Å². The van der Waals surface area contributed by atoms with E-state index in [-0.39, 0.29) is 12.0 Å². The highest BCUT2D eigenvalue weighted by Crippen LogP contribution is 2.25. The number of aromatic nitrogens is 3. The molecule has 0 aliphatic carbocycles. The molecule has 1 heterocycles. The van der Waals surface area contributed by atoms with Crippen LogP contribution >= 0.6 is 11.6 Å². The third kappa shape index (κ3) is 3.72. The van der Waals surface area contributed by atoms with E-state index in [9.17, 15) is 0 Å². The summed E-state index contributed by atoms with van der Waals surface area (Å²) in [7, 11) is 0. The predicted octanol–water partition coefficient (Wildman–Crippen LogP) is 3.05. The molecule has 0 aliphatic rings. The van der Waals surface area contributed by atoms with E-state index < -0.39 is 0 Å². The van der Waals surface area contributed by atoms with Crippen LogP contribution in [-0.2, 0) is 0 Å². The number of benzene rings is 1. The molecule has 2 N–H and O–H groups in total. The Kier molecular flexibility index (Phi) is 4.80. The number of ether oxygens (including phenoxy) is 1. The second kappa shape index (κ2) is 6.58. The zero-order valence-electron chi connectivity index (χ0n) is 12.3. The van der Waals surface area contributed by atoms with E-state index in [1.54, 1.807) is 12.1 Å². The van der Waals surface area contributed by atoms with Gasteiger partial charge in [-0.3, -0.25) is 0 Å². The first-order chi connectivity index (χ1) is 10.0. The van der Waals surface area contributed by atoms with Crippen LogP contribution in [0, 0.1) is 6.92 Å². The number of halogens is 1. The molecule has 0 unspecified atom stereocenters. The number of hydrogen-bond donors (Lipinski definition) is 1. The van der Waals surface area contributed by atoms with Crippen molar-refractivity contribution in [3.63, 3.8) is 0 Å². The molecular formula is C14H18ClN5O. The molecule has 2 rings (SSSR count).